The maximum atomic E-state index is 3.55. The zero-order chi connectivity index (χ0) is 5.14. The van der Waals surface area contributed by atoms with Crippen molar-refractivity contribution in [1.29, 1.82) is 0 Å². The van der Waals surface area contributed by atoms with Crippen LogP contribution in [-0.2, 0) is 0 Å². The van der Waals surface area contributed by atoms with Crippen LogP contribution >= 0.6 is 0 Å². The molecule has 2 aliphatic carbocycles. The summed E-state index contributed by atoms with van der Waals surface area (Å²) >= 11 is 0. The molecule has 0 spiro atoms. The smallest absolute Gasteiger partial charge is 0.0104 e. The van der Waals surface area contributed by atoms with E-state index in [0.29, 0.717) is 0 Å². The molecule has 3 rings (SSSR count). The van der Waals surface area contributed by atoms with Crippen LogP contribution in [0, 0.1) is 17.8 Å². The summed E-state index contributed by atoms with van der Waals surface area (Å²) in [6.45, 7) is 1.34. The summed E-state index contributed by atoms with van der Waals surface area (Å²) in [5, 5.41) is 3.55. The molecule has 9 heavy (non-hydrogen) atoms. The van der Waals surface area contributed by atoms with Gasteiger partial charge in [0, 0.05) is 6.04 Å². The fraction of sp³-hybridized carbons (Fsp3) is 1.00. The lowest BCUT2D eigenvalue weighted by atomic mass is 9.53. The van der Waals surface area contributed by atoms with Crippen LogP contribution in [0.4, 0.5) is 0 Å². The van der Waals surface area contributed by atoms with Crippen LogP contribution in [-0.4, -0.2) is 12.6 Å². The molecule has 0 radical (unpaired) electrons. The van der Waals surface area contributed by atoms with Gasteiger partial charge in [-0.25, -0.2) is 0 Å². The Balaban J connectivity index is 0.000000333. The number of hydrogen-bond donors (Lipinski definition) is 2. The van der Waals surface area contributed by atoms with Gasteiger partial charge in [0.25, 0.3) is 0 Å². The van der Waals surface area contributed by atoms with Crippen molar-refractivity contribution in [2.24, 2.45) is 17.8 Å². The molecule has 0 aromatic heterocycles. The molecule has 2 saturated carbocycles. The Bertz CT molecular complexity index is 117. The minimum absolute atomic E-state index is 0. The normalized spacial score (nSPS) is 58.7. The molecule has 4 unspecified atom stereocenters. The molecule has 0 bridgehead atoms. The Morgan fingerprint density at radius 3 is 2.56 bits per heavy atom. The van der Waals surface area contributed by atoms with E-state index in [1.54, 1.807) is 6.42 Å². The first-order chi connectivity index (χ1) is 3.95. The van der Waals surface area contributed by atoms with Gasteiger partial charge in [-0.2, -0.15) is 0 Å². The van der Waals surface area contributed by atoms with Gasteiger partial charge in [0.05, 0.1) is 0 Å². The van der Waals surface area contributed by atoms with Crippen molar-refractivity contribution in [2.75, 3.05) is 6.54 Å². The van der Waals surface area contributed by atoms with Gasteiger partial charge in [-0.05, 0) is 37.1 Å². The zero-order valence-electron chi connectivity index (χ0n) is 5.64. The van der Waals surface area contributed by atoms with Crippen molar-refractivity contribution in [1.82, 2.24) is 11.5 Å². The van der Waals surface area contributed by atoms with E-state index >= 15 is 0 Å². The fourth-order valence-electron chi connectivity index (χ4n) is 2.83. The zero-order valence-corrected chi connectivity index (χ0v) is 5.64. The van der Waals surface area contributed by atoms with Gasteiger partial charge >= 0.3 is 0 Å². The van der Waals surface area contributed by atoms with Crippen molar-refractivity contribution in [3.63, 3.8) is 0 Å². The first-order valence-electron chi connectivity index (χ1n) is 3.68. The third-order valence-electron chi connectivity index (χ3n) is 3.36. The maximum absolute atomic E-state index is 3.55. The number of hydrogen-bond acceptors (Lipinski definition) is 2. The molecule has 2 nitrogen and oxygen atoms in total. The first kappa shape index (κ1) is 5.69. The molecule has 1 saturated heterocycles. The van der Waals surface area contributed by atoms with E-state index in [1.807, 2.05) is 0 Å². The molecule has 4 atom stereocenters. The standard InChI is InChI=1S/C7H11N.H3N/c1-4-2-6-7(4)5(1)3-8-6;/h4-8H,1-3H2;1H3. The van der Waals surface area contributed by atoms with Gasteiger partial charge in [-0.1, -0.05) is 0 Å². The van der Waals surface area contributed by atoms with Crippen LogP contribution in [0.15, 0.2) is 0 Å². The summed E-state index contributed by atoms with van der Waals surface area (Å²) < 4.78 is 0. The SMILES string of the molecule is C1NC2CC3CC1C32.N. The summed E-state index contributed by atoms with van der Waals surface area (Å²) in [5.41, 5.74) is 0. The molecule has 2 heteroatoms. The van der Waals surface area contributed by atoms with Crippen molar-refractivity contribution < 1.29 is 0 Å². The Kier molecular flexibility index (Phi) is 0.945. The van der Waals surface area contributed by atoms with Crippen molar-refractivity contribution in [2.45, 2.75) is 18.9 Å². The third-order valence-corrected chi connectivity index (χ3v) is 3.36. The van der Waals surface area contributed by atoms with Gasteiger partial charge < -0.3 is 11.5 Å². The molecule has 1 heterocycles. The van der Waals surface area contributed by atoms with Crippen LogP contribution in [0.1, 0.15) is 12.8 Å². The van der Waals surface area contributed by atoms with Crippen molar-refractivity contribution in [3.8, 4) is 0 Å². The van der Waals surface area contributed by atoms with Gasteiger partial charge in [0.1, 0.15) is 0 Å². The molecule has 3 aliphatic rings. The highest BCUT2D eigenvalue weighted by Gasteiger charge is 2.57. The largest absolute Gasteiger partial charge is 0.344 e. The number of nitrogens with one attached hydrogen (secondary N) is 1. The molecule has 52 valence electrons. The summed E-state index contributed by atoms with van der Waals surface area (Å²) in [5.74, 6) is 3.42. The predicted octanol–water partition coefficient (Wildman–Crippen LogP) is 0.776. The van der Waals surface area contributed by atoms with Gasteiger partial charge in [0.15, 0.2) is 0 Å². The van der Waals surface area contributed by atoms with Crippen LogP contribution in [0.5, 0.6) is 0 Å². The fourth-order valence-corrected chi connectivity index (χ4v) is 2.83. The van der Waals surface area contributed by atoms with Crippen LogP contribution < -0.4 is 11.5 Å². The minimum atomic E-state index is 0. The Labute approximate surface area is 55.6 Å². The van der Waals surface area contributed by atoms with E-state index in [9.17, 15) is 0 Å². The quantitative estimate of drug-likeness (QED) is 0.503. The second kappa shape index (κ2) is 1.50. The molecule has 1 aliphatic heterocycles. The minimum Gasteiger partial charge on any atom is -0.344 e. The van der Waals surface area contributed by atoms with Crippen molar-refractivity contribution >= 4 is 0 Å². The van der Waals surface area contributed by atoms with Gasteiger partial charge in [0.2, 0.25) is 0 Å². The second-order valence-electron chi connectivity index (χ2n) is 3.58. The molecule has 0 aromatic carbocycles. The van der Waals surface area contributed by atoms with Crippen LogP contribution in [0.3, 0.4) is 0 Å². The average molecular weight is 126 g/mol. The topological polar surface area (TPSA) is 47.0 Å². The van der Waals surface area contributed by atoms with E-state index in [1.165, 1.54) is 18.9 Å². The Morgan fingerprint density at radius 2 is 2.00 bits per heavy atom. The van der Waals surface area contributed by atoms with E-state index in [4.69, 9.17) is 0 Å². The highest BCUT2D eigenvalue weighted by atomic mass is 15.0. The second-order valence-corrected chi connectivity index (χ2v) is 3.58. The maximum Gasteiger partial charge on any atom is 0.0104 e. The van der Waals surface area contributed by atoms with E-state index in [-0.39, 0.29) is 6.15 Å². The van der Waals surface area contributed by atoms with E-state index in [0.717, 1.165) is 17.9 Å². The molecule has 4 N–H and O–H groups in total. The summed E-state index contributed by atoms with van der Waals surface area (Å²) in [6.07, 6.45) is 3.05. The third kappa shape index (κ3) is 0.447. The van der Waals surface area contributed by atoms with Gasteiger partial charge in [-0.15, -0.1) is 0 Å². The molecule has 3 fully saturated rings. The van der Waals surface area contributed by atoms with E-state index < -0.39 is 0 Å². The Hall–Kier alpha value is -0.0800. The lowest BCUT2D eigenvalue weighted by Gasteiger charge is -2.52. The average Bonchev–Trinajstić information content (AvgIpc) is 2.02. The summed E-state index contributed by atoms with van der Waals surface area (Å²) in [7, 11) is 0. The predicted molar refractivity (Wildman–Crippen MR) is 36.5 cm³/mol. The van der Waals surface area contributed by atoms with Crippen LogP contribution in [0.25, 0.3) is 0 Å². The molecular weight excluding hydrogens is 112 g/mol. The first-order valence-corrected chi connectivity index (χ1v) is 3.68. The highest BCUT2D eigenvalue weighted by molar-refractivity contribution is 5.10. The summed E-state index contributed by atoms with van der Waals surface area (Å²) in [4.78, 5) is 0. The van der Waals surface area contributed by atoms with Gasteiger partial charge in [-0.3, -0.25) is 0 Å². The Morgan fingerprint density at radius 1 is 1.11 bits per heavy atom. The molecule has 0 aromatic rings. The van der Waals surface area contributed by atoms with Crippen LogP contribution in [0.2, 0.25) is 0 Å². The molecular formula is C7H14N2. The monoisotopic (exact) mass is 126 g/mol. The lowest BCUT2D eigenvalue weighted by molar-refractivity contribution is -0.00198. The number of rotatable bonds is 0. The lowest BCUT2D eigenvalue weighted by Crippen LogP contribution is -2.51. The van der Waals surface area contributed by atoms with Crippen molar-refractivity contribution in [3.05, 3.63) is 0 Å². The summed E-state index contributed by atoms with van der Waals surface area (Å²) in [6, 6.07) is 0.971. The van der Waals surface area contributed by atoms with E-state index in [2.05, 4.69) is 5.32 Å². The molecule has 0 amide bonds. The highest BCUT2D eigenvalue weighted by Crippen LogP contribution is 2.57.